The highest BCUT2D eigenvalue weighted by atomic mass is 32.2. The van der Waals surface area contributed by atoms with Gasteiger partial charge in [-0.1, -0.05) is 0 Å². The summed E-state index contributed by atoms with van der Waals surface area (Å²) in [6, 6.07) is 0. The Labute approximate surface area is 68.6 Å². The summed E-state index contributed by atoms with van der Waals surface area (Å²) in [5.74, 6) is -0.647. The minimum absolute atomic E-state index is 0.132. The van der Waals surface area contributed by atoms with Crippen LogP contribution in [0, 0.1) is 0 Å². The van der Waals surface area contributed by atoms with E-state index in [1.807, 2.05) is 6.08 Å². The van der Waals surface area contributed by atoms with Gasteiger partial charge in [-0.25, -0.2) is 0 Å². The van der Waals surface area contributed by atoms with Crippen LogP contribution in [0.25, 0.3) is 0 Å². The van der Waals surface area contributed by atoms with Crippen LogP contribution in [-0.4, -0.2) is 29.3 Å². The molecule has 0 amide bonds. The minimum Gasteiger partial charge on any atom is -0.481 e. The van der Waals surface area contributed by atoms with Crippen molar-refractivity contribution in [1.82, 2.24) is 4.67 Å². The Morgan fingerprint density at radius 2 is 2.64 bits per heavy atom. The van der Waals surface area contributed by atoms with Crippen molar-refractivity contribution >= 4 is 30.2 Å². The maximum absolute atomic E-state index is 10.2. The average molecular weight is 170 g/mol. The number of thioether (sulfide) groups is 1. The highest BCUT2D eigenvalue weighted by Gasteiger charge is 2.05. The predicted molar refractivity (Wildman–Crippen MR) is 47.1 cm³/mol. The summed E-state index contributed by atoms with van der Waals surface area (Å²) in [5, 5.41) is 8.35. The molecule has 0 aromatic carbocycles. The van der Waals surface area contributed by atoms with Crippen LogP contribution in [0.15, 0.2) is 11.0 Å². The number of allylic oxidation sites excluding steroid dienone is 2. The Kier molecular flexibility index (Phi) is 2.95. The zero-order valence-corrected chi connectivity index (χ0v) is 6.67. The highest BCUT2D eigenvalue weighted by molar-refractivity contribution is 8.03. The third kappa shape index (κ3) is 3.07. The van der Waals surface area contributed by atoms with Crippen LogP contribution < -0.4 is 4.67 Å². The molecule has 0 aliphatic carbocycles. The Hall–Kier alpha value is -0.990. The van der Waals surface area contributed by atoms with E-state index in [9.17, 15) is 4.79 Å². The molecule has 0 aromatic rings. The fraction of sp³-hybridized carbons (Fsp3) is 0.286. The smallest absolute Gasteiger partial charge is 0.313 e. The van der Waals surface area contributed by atoms with Crippen LogP contribution >= 0.6 is 11.8 Å². The average Bonchev–Trinajstić information content (AvgIpc) is 2.03. The quantitative estimate of drug-likeness (QED) is 0.620. The highest BCUT2D eigenvalue weighted by Crippen LogP contribution is 2.17. The molecule has 4 heteroatoms. The number of nitrogens with zero attached hydrogens (tertiary/aromatic N) is 1. The molecule has 0 saturated heterocycles. The molecule has 1 heterocycles. The van der Waals surface area contributed by atoms with Crippen molar-refractivity contribution < 1.29 is 9.90 Å². The molecule has 0 spiro atoms. The van der Waals surface area contributed by atoms with Gasteiger partial charge in [0.2, 0.25) is 0 Å². The molecule has 0 radical (unpaired) electrons. The second kappa shape index (κ2) is 4.01. The summed E-state index contributed by atoms with van der Waals surface area (Å²) in [6.07, 6.45) is 6.04. The van der Waals surface area contributed by atoms with Gasteiger partial charge in [-0.15, -0.1) is 16.4 Å². The molecule has 1 aliphatic heterocycles. The lowest BCUT2D eigenvalue weighted by Crippen LogP contribution is -2.00. The van der Waals surface area contributed by atoms with Crippen molar-refractivity contribution in [3.63, 3.8) is 0 Å². The van der Waals surface area contributed by atoms with E-state index in [4.69, 9.17) is 5.11 Å². The summed E-state index contributed by atoms with van der Waals surface area (Å²) in [7, 11) is 0. The zero-order chi connectivity index (χ0) is 8.10. The lowest BCUT2D eigenvalue weighted by molar-refractivity contribution is -0.133. The molecule has 0 atom stereocenters. The van der Waals surface area contributed by atoms with E-state index in [1.165, 1.54) is 11.8 Å². The molecule has 0 fully saturated rings. The second-order valence-electron chi connectivity index (χ2n) is 2.00. The van der Waals surface area contributed by atoms with Crippen molar-refractivity contribution in [1.29, 1.82) is 0 Å². The molecule has 0 saturated carbocycles. The normalized spacial score (nSPS) is 14.7. The molecular formula is C7H8NO2S+. The Morgan fingerprint density at radius 3 is 3.18 bits per heavy atom. The number of carboxylic acids is 1. The van der Waals surface area contributed by atoms with Crippen LogP contribution in [0.1, 0.15) is 6.42 Å². The molecule has 1 rings (SSSR count). The van der Waals surface area contributed by atoms with E-state index in [-0.39, 0.29) is 5.75 Å². The standard InChI is InChI=1S/C7H7NO2S/c9-7(10)5-11-6-1-3-8-4-2-6/h1,3-4H,2,5H2/p+1. The zero-order valence-electron chi connectivity index (χ0n) is 5.86. The van der Waals surface area contributed by atoms with E-state index in [0.717, 1.165) is 11.3 Å². The van der Waals surface area contributed by atoms with Crippen LogP contribution in [0.2, 0.25) is 0 Å². The van der Waals surface area contributed by atoms with Gasteiger partial charge in [0.15, 0.2) is 0 Å². The van der Waals surface area contributed by atoms with Gasteiger partial charge in [-0.2, -0.15) is 0 Å². The van der Waals surface area contributed by atoms with Gasteiger partial charge in [-0.3, -0.25) is 4.79 Å². The predicted octanol–water partition coefficient (Wildman–Crippen LogP) is 0.301. The van der Waals surface area contributed by atoms with Gasteiger partial charge in [-0.05, 0) is 0 Å². The van der Waals surface area contributed by atoms with Gasteiger partial charge < -0.3 is 5.11 Å². The van der Waals surface area contributed by atoms with E-state index in [0.29, 0.717) is 0 Å². The molecule has 1 N–H and O–H groups in total. The largest absolute Gasteiger partial charge is 0.481 e. The van der Waals surface area contributed by atoms with Crippen molar-refractivity contribution in [2.75, 3.05) is 5.75 Å². The van der Waals surface area contributed by atoms with Gasteiger partial charge in [0.1, 0.15) is 0 Å². The van der Waals surface area contributed by atoms with Crippen LogP contribution in [-0.2, 0) is 4.79 Å². The van der Waals surface area contributed by atoms with Crippen LogP contribution in [0.3, 0.4) is 0 Å². The number of carboxylic acid groups (broad SMARTS) is 1. The van der Waals surface area contributed by atoms with E-state index < -0.39 is 5.97 Å². The Balaban J connectivity index is 2.34. The second-order valence-corrected chi connectivity index (χ2v) is 3.10. The summed E-state index contributed by atoms with van der Waals surface area (Å²) in [6.45, 7) is 0. The van der Waals surface area contributed by atoms with Crippen molar-refractivity contribution in [3.8, 4) is 0 Å². The molecule has 0 aromatic heterocycles. The first-order valence-electron chi connectivity index (χ1n) is 3.17. The molecule has 1 aliphatic rings. The summed E-state index contributed by atoms with van der Waals surface area (Å²) in [4.78, 5) is 11.2. The van der Waals surface area contributed by atoms with E-state index in [1.54, 1.807) is 12.4 Å². The first-order chi connectivity index (χ1) is 5.29. The number of hydrogen-bond donors (Lipinski definition) is 1. The monoisotopic (exact) mass is 170 g/mol. The molecule has 3 nitrogen and oxygen atoms in total. The SMILES string of the molecule is O=C(O)CSC1=CC=[N+]=CC1. The maximum Gasteiger partial charge on any atom is 0.313 e. The third-order valence-corrected chi connectivity index (χ3v) is 2.19. The maximum atomic E-state index is 10.2. The third-order valence-electron chi connectivity index (χ3n) is 1.13. The molecule has 11 heavy (non-hydrogen) atoms. The van der Waals surface area contributed by atoms with Crippen LogP contribution in [0.4, 0.5) is 0 Å². The number of carbonyl (C=O) groups is 1. The molecule has 58 valence electrons. The number of rotatable bonds is 3. The summed E-state index contributed by atoms with van der Waals surface area (Å²) < 4.78 is 3.87. The Morgan fingerprint density at radius 1 is 1.82 bits per heavy atom. The fourth-order valence-corrected chi connectivity index (χ4v) is 1.32. The fourth-order valence-electron chi connectivity index (χ4n) is 0.659. The number of aliphatic carboxylic acids is 1. The van der Waals surface area contributed by atoms with Crippen molar-refractivity contribution in [2.45, 2.75) is 6.42 Å². The summed E-state index contributed by atoms with van der Waals surface area (Å²) in [5.41, 5.74) is 0. The first-order valence-corrected chi connectivity index (χ1v) is 4.16. The summed E-state index contributed by atoms with van der Waals surface area (Å²) >= 11 is 1.34. The van der Waals surface area contributed by atoms with Gasteiger partial charge in [0.25, 0.3) is 12.4 Å². The minimum atomic E-state index is -0.779. The first kappa shape index (κ1) is 8.11. The van der Waals surface area contributed by atoms with Gasteiger partial charge in [0.05, 0.1) is 12.2 Å². The molecule has 0 bridgehead atoms. The van der Waals surface area contributed by atoms with E-state index >= 15 is 0 Å². The van der Waals surface area contributed by atoms with Crippen molar-refractivity contribution in [2.24, 2.45) is 0 Å². The lowest BCUT2D eigenvalue weighted by Gasteiger charge is -1.96. The topological polar surface area (TPSA) is 51.4 Å². The van der Waals surface area contributed by atoms with Crippen molar-refractivity contribution in [3.05, 3.63) is 11.0 Å². The molecule has 0 unspecified atom stereocenters. The number of hydrogen-bond acceptors (Lipinski definition) is 2. The molecular weight excluding hydrogens is 162 g/mol. The van der Waals surface area contributed by atoms with Gasteiger partial charge in [0, 0.05) is 11.0 Å². The Bertz CT molecular complexity index is 251. The van der Waals surface area contributed by atoms with E-state index in [2.05, 4.69) is 4.67 Å². The van der Waals surface area contributed by atoms with Crippen LogP contribution in [0.5, 0.6) is 0 Å². The lowest BCUT2D eigenvalue weighted by atomic mass is 10.4. The van der Waals surface area contributed by atoms with Gasteiger partial charge >= 0.3 is 5.97 Å².